The van der Waals surface area contributed by atoms with E-state index in [2.05, 4.69) is 18.7 Å². The maximum absolute atomic E-state index is 13.3. The van der Waals surface area contributed by atoms with Gasteiger partial charge in [0, 0.05) is 12.6 Å². The number of methoxy groups -OCH3 is 1. The molecule has 3 nitrogen and oxygen atoms in total. The Hall–Kier alpha value is -1.42. The lowest BCUT2D eigenvalue weighted by atomic mass is 10.1. The average molecular weight is 279 g/mol. The van der Waals surface area contributed by atoms with Crippen LogP contribution in [-0.2, 0) is 0 Å². The first-order valence-corrected chi connectivity index (χ1v) is 7.12. The Morgan fingerprint density at radius 3 is 2.70 bits per heavy atom. The summed E-state index contributed by atoms with van der Waals surface area (Å²) >= 11 is 0. The molecule has 0 atom stereocenters. The highest BCUT2D eigenvalue weighted by molar-refractivity contribution is 6.00. The Morgan fingerprint density at radius 2 is 2.15 bits per heavy atom. The minimum atomic E-state index is -0.406. The van der Waals surface area contributed by atoms with E-state index in [-0.39, 0.29) is 5.78 Å². The highest BCUT2D eigenvalue weighted by Crippen LogP contribution is 2.28. The van der Waals surface area contributed by atoms with E-state index >= 15 is 0 Å². The van der Waals surface area contributed by atoms with Crippen molar-refractivity contribution in [2.75, 3.05) is 20.2 Å². The number of carbonyl (C=O) groups excluding carboxylic acids is 1. The molecule has 1 saturated carbocycles. The van der Waals surface area contributed by atoms with Crippen LogP contribution in [0.2, 0.25) is 0 Å². The summed E-state index contributed by atoms with van der Waals surface area (Å²) in [4.78, 5) is 14.6. The molecule has 0 saturated heterocycles. The third-order valence-corrected chi connectivity index (χ3v) is 3.47. The molecule has 1 fully saturated rings. The fourth-order valence-corrected chi connectivity index (χ4v) is 2.42. The van der Waals surface area contributed by atoms with Crippen molar-refractivity contribution in [3.8, 4) is 5.75 Å². The monoisotopic (exact) mass is 279 g/mol. The van der Waals surface area contributed by atoms with E-state index in [4.69, 9.17) is 4.74 Å². The standard InChI is InChI=1S/C16H22FNO2/c1-11(2)9-18(13-5-6-13)10-15(19)14-8-12(17)4-7-16(14)20-3/h4,7-8,11,13H,5-6,9-10H2,1-3H3. The third kappa shape index (κ3) is 3.79. The van der Waals surface area contributed by atoms with Gasteiger partial charge in [-0.05, 0) is 37.0 Å². The third-order valence-electron chi connectivity index (χ3n) is 3.47. The Kier molecular flexibility index (Phi) is 4.76. The second-order valence-corrected chi connectivity index (χ2v) is 5.82. The summed E-state index contributed by atoms with van der Waals surface area (Å²) in [6.45, 7) is 5.52. The van der Waals surface area contributed by atoms with Crippen LogP contribution in [0, 0.1) is 11.7 Å². The number of halogens is 1. The fourth-order valence-electron chi connectivity index (χ4n) is 2.42. The quantitative estimate of drug-likeness (QED) is 0.718. The molecular weight excluding hydrogens is 257 g/mol. The van der Waals surface area contributed by atoms with E-state index in [1.165, 1.54) is 25.3 Å². The van der Waals surface area contributed by atoms with Gasteiger partial charge in [0.2, 0.25) is 0 Å². The topological polar surface area (TPSA) is 29.5 Å². The van der Waals surface area contributed by atoms with Gasteiger partial charge >= 0.3 is 0 Å². The van der Waals surface area contributed by atoms with Crippen LogP contribution in [0.25, 0.3) is 0 Å². The van der Waals surface area contributed by atoms with Crippen LogP contribution in [0.5, 0.6) is 5.75 Å². The molecule has 110 valence electrons. The van der Waals surface area contributed by atoms with Crippen molar-refractivity contribution in [3.05, 3.63) is 29.6 Å². The van der Waals surface area contributed by atoms with Crippen molar-refractivity contribution in [2.24, 2.45) is 5.92 Å². The first-order valence-electron chi connectivity index (χ1n) is 7.12. The Morgan fingerprint density at radius 1 is 1.45 bits per heavy atom. The molecule has 2 rings (SSSR count). The number of ether oxygens (including phenoxy) is 1. The van der Waals surface area contributed by atoms with Gasteiger partial charge in [-0.15, -0.1) is 0 Å². The zero-order valence-corrected chi connectivity index (χ0v) is 12.4. The predicted molar refractivity (Wildman–Crippen MR) is 76.7 cm³/mol. The molecule has 0 unspecified atom stereocenters. The first-order chi connectivity index (χ1) is 9.51. The summed E-state index contributed by atoms with van der Waals surface area (Å²) in [7, 11) is 1.50. The average Bonchev–Trinajstić information content (AvgIpc) is 3.21. The van der Waals surface area contributed by atoms with Gasteiger partial charge in [-0.2, -0.15) is 0 Å². The fraction of sp³-hybridized carbons (Fsp3) is 0.562. The minimum absolute atomic E-state index is 0.0751. The van der Waals surface area contributed by atoms with Gasteiger partial charge in [0.25, 0.3) is 0 Å². The van der Waals surface area contributed by atoms with Crippen LogP contribution in [-0.4, -0.2) is 36.9 Å². The number of carbonyl (C=O) groups is 1. The maximum Gasteiger partial charge on any atom is 0.180 e. The van der Waals surface area contributed by atoms with E-state index in [9.17, 15) is 9.18 Å². The van der Waals surface area contributed by atoms with Gasteiger partial charge in [-0.3, -0.25) is 9.69 Å². The summed E-state index contributed by atoms with van der Waals surface area (Å²) in [6.07, 6.45) is 2.31. The largest absolute Gasteiger partial charge is 0.496 e. The molecule has 0 N–H and O–H groups in total. The number of Topliss-reactive ketones (excluding diaryl/α,β-unsaturated/α-hetero) is 1. The number of ketones is 1. The van der Waals surface area contributed by atoms with E-state index in [1.54, 1.807) is 0 Å². The van der Waals surface area contributed by atoms with Crippen molar-refractivity contribution in [1.82, 2.24) is 4.90 Å². The maximum atomic E-state index is 13.3. The smallest absolute Gasteiger partial charge is 0.180 e. The lowest BCUT2D eigenvalue weighted by Gasteiger charge is -2.23. The molecule has 1 aromatic carbocycles. The number of benzene rings is 1. The molecule has 0 heterocycles. The predicted octanol–water partition coefficient (Wildman–Crippen LogP) is 3.14. The Bertz CT molecular complexity index is 483. The zero-order valence-electron chi connectivity index (χ0n) is 12.4. The van der Waals surface area contributed by atoms with Gasteiger partial charge in [0.15, 0.2) is 5.78 Å². The van der Waals surface area contributed by atoms with Crippen molar-refractivity contribution in [2.45, 2.75) is 32.7 Å². The van der Waals surface area contributed by atoms with Crippen molar-refractivity contribution >= 4 is 5.78 Å². The summed E-state index contributed by atoms with van der Waals surface area (Å²) in [5.74, 6) is 0.472. The Balaban J connectivity index is 2.11. The van der Waals surface area contributed by atoms with Gasteiger partial charge in [0.05, 0.1) is 19.2 Å². The van der Waals surface area contributed by atoms with Crippen LogP contribution in [0.1, 0.15) is 37.0 Å². The van der Waals surface area contributed by atoms with Crippen LogP contribution in [0.4, 0.5) is 4.39 Å². The summed E-state index contributed by atoms with van der Waals surface area (Å²) in [6, 6.07) is 4.59. The van der Waals surface area contributed by atoms with Crippen LogP contribution in [0.3, 0.4) is 0 Å². The highest BCUT2D eigenvalue weighted by Gasteiger charge is 2.31. The molecule has 0 aliphatic heterocycles. The van der Waals surface area contributed by atoms with Crippen molar-refractivity contribution in [1.29, 1.82) is 0 Å². The lowest BCUT2D eigenvalue weighted by molar-refractivity contribution is 0.0912. The van der Waals surface area contributed by atoms with E-state index in [0.717, 1.165) is 19.4 Å². The number of rotatable bonds is 7. The molecule has 0 aromatic heterocycles. The van der Waals surface area contributed by atoms with E-state index in [0.29, 0.717) is 29.8 Å². The zero-order chi connectivity index (χ0) is 14.7. The molecular formula is C16H22FNO2. The summed E-state index contributed by atoms with van der Waals surface area (Å²) in [5, 5.41) is 0. The number of hydrogen-bond donors (Lipinski definition) is 0. The number of hydrogen-bond acceptors (Lipinski definition) is 3. The van der Waals surface area contributed by atoms with Crippen molar-refractivity contribution < 1.29 is 13.9 Å². The first kappa shape index (κ1) is 15.0. The highest BCUT2D eigenvalue weighted by atomic mass is 19.1. The van der Waals surface area contributed by atoms with E-state index in [1.807, 2.05) is 0 Å². The number of nitrogens with zero attached hydrogens (tertiary/aromatic N) is 1. The molecule has 1 aliphatic rings. The normalized spacial score (nSPS) is 14.9. The van der Waals surface area contributed by atoms with Gasteiger partial charge < -0.3 is 4.74 Å². The molecule has 0 spiro atoms. The molecule has 1 aliphatic carbocycles. The lowest BCUT2D eigenvalue weighted by Crippen LogP contribution is -2.35. The Labute approximate surface area is 119 Å². The minimum Gasteiger partial charge on any atom is -0.496 e. The van der Waals surface area contributed by atoms with Gasteiger partial charge in [-0.25, -0.2) is 4.39 Å². The molecule has 1 aromatic rings. The van der Waals surface area contributed by atoms with Crippen LogP contribution in [0.15, 0.2) is 18.2 Å². The van der Waals surface area contributed by atoms with E-state index < -0.39 is 5.82 Å². The molecule has 0 amide bonds. The van der Waals surface area contributed by atoms with Crippen LogP contribution >= 0.6 is 0 Å². The summed E-state index contributed by atoms with van der Waals surface area (Å²) < 4.78 is 18.5. The summed E-state index contributed by atoms with van der Waals surface area (Å²) in [5.41, 5.74) is 0.335. The molecule has 0 bridgehead atoms. The molecule has 4 heteroatoms. The molecule has 0 radical (unpaired) electrons. The second kappa shape index (κ2) is 6.35. The van der Waals surface area contributed by atoms with Crippen molar-refractivity contribution in [3.63, 3.8) is 0 Å². The van der Waals surface area contributed by atoms with Gasteiger partial charge in [-0.1, -0.05) is 13.8 Å². The van der Waals surface area contributed by atoms with Gasteiger partial charge in [0.1, 0.15) is 11.6 Å². The molecule has 20 heavy (non-hydrogen) atoms. The SMILES string of the molecule is COc1ccc(F)cc1C(=O)CN(CC(C)C)C1CC1. The second-order valence-electron chi connectivity index (χ2n) is 5.82. The van der Waals surface area contributed by atoms with Crippen LogP contribution < -0.4 is 4.74 Å².